The highest BCUT2D eigenvalue weighted by atomic mass is 16.5. The summed E-state index contributed by atoms with van der Waals surface area (Å²) in [6.07, 6.45) is 7.07. The van der Waals surface area contributed by atoms with Crippen molar-refractivity contribution in [3.8, 4) is 0 Å². The summed E-state index contributed by atoms with van der Waals surface area (Å²) in [6.45, 7) is 3.70. The number of hydrogen-bond donors (Lipinski definition) is 1. The molecule has 0 aromatic heterocycles. The van der Waals surface area contributed by atoms with Gasteiger partial charge in [0.1, 0.15) is 0 Å². The Morgan fingerprint density at radius 3 is 2.43 bits per heavy atom. The van der Waals surface area contributed by atoms with E-state index in [2.05, 4.69) is 6.92 Å². The number of ether oxygens (including phenoxy) is 1. The van der Waals surface area contributed by atoms with Crippen LogP contribution < -0.4 is 0 Å². The largest absolute Gasteiger partial charge is 0.389 e. The van der Waals surface area contributed by atoms with Gasteiger partial charge in [-0.05, 0) is 31.1 Å². The van der Waals surface area contributed by atoms with Gasteiger partial charge >= 0.3 is 0 Å². The maximum absolute atomic E-state index is 10.3. The van der Waals surface area contributed by atoms with Gasteiger partial charge in [-0.3, -0.25) is 0 Å². The van der Waals surface area contributed by atoms with Gasteiger partial charge in [-0.15, -0.1) is 0 Å². The van der Waals surface area contributed by atoms with Crippen LogP contribution in [0.2, 0.25) is 0 Å². The van der Waals surface area contributed by atoms with E-state index in [1.807, 2.05) is 0 Å². The fourth-order valence-electron chi connectivity index (χ4n) is 3.07. The molecule has 0 amide bonds. The van der Waals surface area contributed by atoms with Crippen LogP contribution in [-0.4, -0.2) is 23.9 Å². The smallest absolute Gasteiger partial charge is 0.0733 e. The predicted molar refractivity (Wildman–Crippen MR) is 56.1 cm³/mol. The fourth-order valence-corrected chi connectivity index (χ4v) is 3.07. The number of hydrogen-bond acceptors (Lipinski definition) is 2. The Hall–Kier alpha value is -0.0800. The Kier molecular flexibility index (Phi) is 3.13. The van der Waals surface area contributed by atoms with Gasteiger partial charge in [0.25, 0.3) is 0 Å². The van der Waals surface area contributed by atoms with Gasteiger partial charge in [0.15, 0.2) is 0 Å². The molecule has 0 radical (unpaired) electrons. The Labute approximate surface area is 86.6 Å². The zero-order valence-electron chi connectivity index (χ0n) is 9.17. The van der Waals surface area contributed by atoms with E-state index >= 15 is 0 Å². The van der Waals surface area contributed by atoms with Gasteiger partial charge in [0, 0.05) is 19.6 Å². The maximum atomic E-state index is 10.3. The summed E-state index contributed by atoms with van der Waals surface area (Å²) in [7, 11) is 0. The summed E-state index contributed by atoms with van der Waals surface area (Å²) >= 11 is 0. The molecular formula is C12H22O2. The first-order valence-corrected chi connectivity index (χ1v) is 6.09. The lowest BCUT2D eigenvalue weighted by molar-refractivity contribution is 0.0529. The van der Waals surface area contributed by atoms with Crippen molar-refractivity contribution in [1.29, 1.82) is 0 Å². The zero-order chi connectivity index (χ0) is 10.0. The van der Waals surface area contributed by atoms with E-state index in [1.54, 1.807) is 0 Å². The zero-order valence-corrected chi connectivity index (χ0v) is 9.17. The van der Waals surface area contributed by atoms with E-state index in [4.69, 9.17) is 4.74 Å². The van der Waals surface area contributed by atoms with Crippen LogP contribution in [0.5, 0.6) is 0 Å². The average molecular weight is 198 g/mol. The van der Waals surface area contributed by atoms with Gasteiger partial charge in [0.05, 0.1) is 5.60 Å². The molecule has 2 heteroatoms. The molecule has 0 bridgehead atoms. The van der Waals surface area contributed by atoms with Crippen LogP contribution in [0.1, 0.15) is 45.4 Å². The summed E-state index contributed by atoms with van der Waals surface area (Å²) < 4.78 is 5.44. The lowest BCUT2D eigenvalue weighted by Gasteiger charge is -2.10. The standard InChI is InChI=1S/C12H22O2/c1-2-8-14-9-7-12(13)10-5-3-4-6-11(10)12/h10-11,13H,2-9H2,1H3. The van der Waals surface area contributed by atoms with Crippen LogP contribution in [0, 0.1) is 11.8 Å². The second-order valence-electron chi connectivity index (χ2n) is 4.85. The molecule has 2 unspecified atom stereocenters. The maximum Gasteiger partial charge on any atom is 0.0733 e. The second kappa shape index (κ2) is 4.19. The molecule has 0 spiro atoms. The summed E-state index contributed by atoms with van der Waals surface area (Å²) in [4.78, 5) is 0. The molecule has 0 aliphatic heterocycles. The van der Waals surface area contributed by atoms with Crippen LogP contribution >= 0.6 is 0 Å². The molecule has 2 nitrogen and oxygen atoms in total. The van der Waals surface area contributed by atoms with E-state index in [-0.39, 0.29) is 5.60 Å². The topological polar surface area (TPSA) is 29.5 Å². The molecule has 82 valence electrons. The van der Waals surface area contributed by atoms with Gasteiger partial charge in [-0.1, -0.05) is 19.8 Å². The number of fused-ring (bicyclic) bond motifs is 1. The van der Waals surface area contributed by atoms with E-state index in [9.17, 15) is 5.11 Å². The number of aliphatic hydroxyl groups is 1. The molecular weight excluding hydrogens is 176 g/mol. The van der Waals surface area contributed by atoms with Crippen LogP contribution in [0.4, 0.5) is 0 Å². The predicted octanol–water partition coefficient (Wildman–Crippen LogP) is 2.35. The Morgan fingerprint density at radius 1 is 1.21 bits per heavy atom. The molecule has 0 heterocycles. The van der Waals surface area contributed by atoms with E-state index in [1.165, 1.54) is 25.7 Å². The Morgan fingerprint density at radius 2 is 1.86 bits per heavy atom. The van der Waals surface area contributed by atoms with Gasteiger partial charge in [0.2, 0.25) is 0 Å². The number of rotatable bonds is 5. The normalized spacial score (nSPS) is 40.7. The molecule has 2 fully saturated rings. The summed E-state index contributed by atoms with van der Waals surface area (Å²) in [5.74, 6) is 1.22. The highest BCUT2D eigenvalue weighted by Crippen LogP contribution is 2.60. The monoisotopic (exact) mass is 198 g/mol. The van der Waals surface area contributed by atoms with Crippen molar-refractivity contribution in [2.75, 3.05) is 13.2 Å². The molecule has 2 aliphatic rings. The molecule has 2 atom stereocenters. The van der Waals surface area contributed by atoms with Crippen LogP contribution in [0.25, 0.3) is 0 Å². The molecule has 0 aromatic rings. The third-order valence-corrected chi connectivity index (χ3v) is 3.94. The molecule has 1 N–H and O–H groups in total. The molecule has 2 rings (SSSR count). The third kappa shape index (κ3) is 1.82. The van der Waals surface area contributed by atoms with E-state index in [0.717, 1.165) is 26.1 Å². The first-order valence-electron chi connectivity index (χ1n) is 6.09. The first kappa shape index (κ1) is 10.4. The third-order valence-electron chi connectivity index (χ3n) is 3.94. The van der Waals surface area contributed by atoms with Gasteiger partial charge in [-0.2, -0.15) is 0 Å². The lowest BCUT2D eigenvalue weighted by Crippen LogP contribution is -2.16. The van der Waals surface area contributed by atoms with Crippen LogP contribution in [0.3, 0.4) is 0 Å². The quantitative estimate of drug-likeness (QED) is 0.687. The lowest BCUT2D eigenvalue weighted by atomic mass is 10.0. The Balaban J connectivity index is 1.70. The molecule has 14 heavy (non-hydrogen) atoms. The SMILES string of the molecule is CCCOCCC1(O)C2CCCCC21. The summed E-state index contributed by atoms with van der Waals surface area (Å²) in [5, 5.41) is 10.3. The highest BCUT2D eigenvalue weighted by molar-refractivity contribution is 5.12. The average Bonchev–Trinajstić information content (AvgIpc) is 2.81. The van der Waals surface area contributed by atoms with Crippen molar-refractivity contribution >= 4 is 0 Å². The van der Waals surface area contributed by atoms with Crippen molar-refractivity contribution in [2.24, 2.45) is 11.8 Å². The summed E-state index contributed by atoms with van der Waals surface area (Å²) in [5.41, 5.74) is -0.329. The molecule has 2 aliphatic carbocycles. The minimum absolute atomic E-state index is 0.329. The minimum Gasteiger partial charge on any atom is -0.389 e. The fraction of sp³-hybridized carbons (Fsp3) is 1.00. The van der Waals surface area contributed by atoms with E-state index in [0.29, 0.717) is 11.8 Å². The van der Waals surface area contributed by atoms with Crippen molar-refractivity contribution in [1.82, 2.24) is 0 Å². The van der Waals surface area contributed by atoms with Crippen molar-refractivity contribution in [3.05, 3.63) is 0 Å². The molecule has 0 saturated heterocycles. The highest BCUT2D eigenvalue weighted by Gasteiger charge is 2.62. The Bertz CT molecular complexity index is 179. The minimum atomic E-state index is -0.329. The van der Waals surface area contributed by atoms with Crippen LogP contribution in [-0.2, 0) is 4.74 Å². The first-order chi connectivity index (χ1) is 6.79. The summed E-state index contributed by atoms with van der Waals surface area (Å²) in [6, 6.07) is 0. The van der Waals surface area contributed by atoms with E-state index < -0.39 is 0 Å². The van der Waals surface area contributed by atoms with Crippen molar-refractivity contribution < 1.29 is 9.84 Å². The van der Waals surface area contributed by atoms with Gasteiger partial charge < -0.3 is 9.84 Å². The van der Waals surface area contributed by atoms with Crippen molar-refractivity contribution in [3.63, 3.8) is 0 Å². The molecule has 0 aromatic carbocycles. The van der Waals surface area contributed by atoms with Crippen LogP contribution in [0.15, 0.2) is 0 Å². The molecule has 2 saturated carbocycles. The van der Waals surface area contributed by atoms with Crippen molar-refractivity contribution in [2.45, 2.75) is 51.0 Å². The van der Waals surface area contributed by atoms with Gasteiger partial charge in [-0.25, -0.2) is 0 Å². The second-order valence-corrected chi connectivity index (χ2v) is 4.85.